The number of carbonyl (C=O) groups is 2. The minimum atomic E-state index is -0.864. The molecule has 3 aromatic rings. The van der Waals surface area contributed by atoms with Crippen molar-refractivity contribution >= 4 is 41.0 Å². The van der Waals surface area contributed by atoms with Gasteiger partial charge < -0.3 is 25.4 Å². The molecule has 0 saturated carbocycles. The SMILES string of the molecule is CC(C(=O)NC(CO)c1ccc(Cl)c(F)c1)N1Cc2ccc(-c3nc(NC4CCOCC4)ncc3Cl)cc2C1=O. The van der Waals surface area contributed by atoms with Crippen LogP contribution in [-0.2, 0) is 16.1 Å². The molecule has 210 valence electrons. The topological polar surface area (TPSA) is 117 Å². The molecule has 3 heterocycles. The molecule has 12 heteroatoms. The number of amides is 2. The van der Waals surface area contributed by atoms with Crippen LogP contribution < -0.4 is 10.6 Å². The number of anilines is 1. The lowest BCUT2D eigenvalue weighted by Crippen LogP contribution is -2.46. The van der Waals surface area contributed by atoms with E-state index in [1.165, 1.54) is 23.2 Å². The second kappa shape index (κ2) is 12.1. The number of benzene rings is 2. The lowest BCUT2D eigenvalue weighted by molar-refractivity contribution is -0.126. The molecule has 2 amide bonds. The molecule has 1 aromatic heterocycles. The molecule has 0 radical (unpaired) electrons. The lowest BCUT2D eigenvalue weighted by Gasteiger charge is -2.26. The smallest absolute Gasteiger partial charge is 0.255 e. The van der Waals surface area contributed by atoms with E-state index in [0.717, 1.165) is 24.5 Å². The highest BCUT2D eigenvalue weighted by atomic mass is 35.5. The maximum atomic E-state index is 13.9. The Hall–Kier alpha value is -3.31. The number of halogens is 3. The number of aliphatic hydroxyl groups is 1. The van der Waals surface area contributed by atoms with Crippen molar-refractivity contribution in [3.8, 4) is 11.3 Å². The first-order valence-corrected chi connectivity index (χ1v) is 13.7. The first kappa shape index (κ1) is 28.2. The summed E-state index contributed by atoms with van der Waals surface area (Å²) < 4.78 is 19.3. The molecule has 0 spiro atoms. The van der Waals surface area contributed by atoms with Gasteiger partial charge in [0.1, 0.15) is 11.9 Å². The number of carbonyl (C=O) groups excluding carboxylic acids is 2. The highest BCUT2D eigenvalue weighted by Crippen LogP contribution is 2.32. The van der Waals surface area contributed by atoms with Gasteiger partial charge in [0.2, 0.25) is 11.9 Å². The molecule has 1 saturated heterocycles. The van der Waals surface area contributed by atoms with Crippen molar-refractivity contribution in [2.24, 2.45) is 0 Å². The van der Waals surface area contributed by atoms with Crippen molar-refractivity contribution in [1.82, 2.24) is 20.2 Å². The van der Waals surface area contributed by atoms with Crippen LogP contribution in [0.5, 0.6) is 0 Å². The number of aromatic nitrogens is 2. The fourth-order valence-electron chi connectivity index (χ4n) is 4.84. The van der Waals surface area contributed by atoms with Crippen molar-refractivity contribution in [2.75, 3.05) is 25.1 Å². The van der Waals surface area contributed by atoms with Crippen LogP contribution in [0, 0.1) is 5.82 Å². The van der Waals surface area contributed by atoms with Gasteiger partial charge in [0, 0.05) is 36.9 Å². The third-order valence-corrected chi connectivity index (χ3v) is 7.79. The first-order valence-electron chi connectivity index (χ1n) is 12.9. The fourth-order valence-corrected chi connectivity index (χ4v) is 5.16. The van der Waals surface area contributed by atoms with E-state index in [1.54, 1.807) is 13.0 Å². The number of nitrogens with one attached hydrogen (secondary N) is 2. The Labute approximate surface area is 240 Å². The Morgan fingerprint density at radius 1 is 1.20 bits per heavy atom. The van der Waals surface area contributed by atoms with Gasteiger partial charge in [-0.2, -0.15) is 0 Å². The summed E-state index contributed by atoms with van der Waals surface area (Å²) in [6.45, 7) is 2.74. The second-order valence-electron chi connectivity index (χ2n) is 9.82. The Morgan fingerprint density at radius 2 is 1.98 bits per heavy atom. The molecule has 3 N–H and O–H groups in total. The van der Waals surface area contributed by atoms with Crippen molar-refractivity contribution in [3.63, 3.8) is 0 Å². The van der Waals surface area contributed by atoms with E-state index in [-0.39, 0.29) is 23.5 Å². The number of ether oxygens (including phenoxy) is 1. The standard InChI is InChI=1S/C28H28Cl2FN5O4/c1-15(26(38)34-24(14-37)16-4-5-21(29)23(31)11-16)36-13-18-3-2-17(10-20(18)27(36)39)25-22(30)12-32-28(35-25)33-19-6-8-40-9-7-19/h2-5,10-12,15,19,24,37H,6-9,13-14H2,1H3,(H,34,38)(H,32,33,35). The van der Waals surface area contributed by atoms with Crippen molar-refractivity contribution < 1.29 is 23.8 Å². The molecule has 2 atom stereocenters. The number of nitrogens with zero attached hydrogens (tertiary/aromatic N) is 3. The summed E-state index contributed by atoms with van der Waals surface area (Å²) in [5, 5.41) is 16.1. The Morgan fingerprint density at radius 3 is 2.70 bits per heavy atom. The summed E-state index contributed by atoms with van der Waals surface area (Å²) in [6.07, 6.45) is 3.24. The Bertz CT molecular complexity index is 1440. The number of aliphatic hydroxyl groups excluding tert-OH is 1. The third-order valence-electron chi connectivity index (χ3n) is 7.21. The van der Waals surface area contributed by atoms with Gasteiger partial charge in [0.25, 0.3) is 5.91 Å². The largest absolute Gasteiger partial charge is 0.394 e. The van der Waals surface area contributed by atoms with Gasteiger partial charge in [-0.05, 0) is 49.1 Å². The molecular weight excluding hydrogens is 560 g/mol. The zero-order valence-corrected chi connectivity index (χ0v) is 23.2. The molecule has 2 aromatic carbocycles. The van der Waals surface area contributed by atoms with Crippen LogP contribution in [0.15, 0.2) is 42.6 Å². The van der Waals surface area contributed by atoms with E-state index in [2.05, 4.69) is 20.6 Å². The molecule has 9 nitrogen and oxygen atoms in total. The van der Waals surface area contributed by atoms with Gasteiger partial charge in [-0.15, -0.1) is 0 Å². The summed E-state index contributed by atoms with van der Waals surface area (Å²) >= 11 is 12.2. The number of hydrogen-bond donors (Lipinski definition) is 3. The highest BCUT2D eigenvalue weighted by molar-refractivity contribution is 6.33. The van der Waals surface area contributed by atoms with E-state index < -0.39 is 30.4 Å². The Kier molecular flexibility index (Phi) is 8.51. The summed E-state index contributed by atoms with van der Waals surface area (Å²) in [4.78, 5) is 36.8. The van der Waals surface area contributed by atoms with Gasteiger partial charge in [-0.25, -0.2) is 14.4 Å². The summed E-state index contributed by atoms with van der Waals surface area (Å²) in [6, 6.07) is 7.92. The number of hydrogen-bond acceptors (Lipinski definition) is 7. The van der Waals surface area contributed by atoms with E-state index >= 15 is 0 Å². The highest BCUT2D eigenvalue weighted by Gasteiger charge is 2.35. The van der Waals surface area contributed by atoms with Gasteiger partial charge in [-0.1, -0.05) is 41.4 Å². The normalized spacial score (nSPS) is 16.9. The van der Waals surface area contributed by atoms with Crippen molar-refractivity contribution in [3.05, 3.63) is 75.1 Å². The van der Waals surface area contributed by atoms with E-state index in [0.29, 0.717) is 46.6 Å². The average Bonchev–Trinajstić information content (AvgIpc) is 3.29. The molecule has 5 rings (SSSR count). The summed E-state index contributed by atoms with van der Waals surface area (Å²) in [5.74, 6) is -1.01. The van der Waals surface area contributed by atoms with Gasteiger partial charge in [0.15, 0.2) is 0 Å². The van der Waals surface area contributed by atoms with Crippen LogP contribution >= 0.6 is 23.2 Å². The second-order valence-corrected chi connectivity index (χ2v) is 10.6. The molecule has 0 bridgehead atoms. The number of fused-ring (bicyclic) bond motifs is 1. The maximum absolute atomic E-state index is 13.9. The van der Waals surface area contributed by atoms with Gasteiger partial charge in [-0.3, -0.25) is 9.59 Å². The zero-order valence-electron chi connectivity index (χ0n) is 21.7. The molecule has 0 aliphatic carbocycles. The maximum Gasteiger partial charge on any atom is 0.255 e. The minimum absolute atomic E-state index is 0.0602. The summed E-state index contributed by atoms with van der Waals surface area (Å²) in [5.41, 5.74) is 2.71. The molecule has 2 unspecified atom stereocenters. The van der Waals surface area contributed by atoms with E-state index in [1.807, 2.05) is 12.1 Å². The predicted octanol–water partition coefficient (Wildman–Crippen LogP) is 4.37. The average molecular weight is 588 g/mol. The molecule has 40 heavy (non-hydrogen) atoms. The van der Waals surface area contributed by atoms with E-state index in [4.69, 9.17) is 27.9 Å². The fraction of sp³-hybridized carbons (Fsp3) is 0.357. The van der Waals surface area contributed by atoms with Crippen LogP contribution in [0.25, 0.3) is 11.3 Å². The van der Waals surface area contributed by atoms with Crippen LogP contribution in [0.3, 0.4) is 0 Å². The van der Waals surface area contributed by atoms with Crippen LogP contribution in [0.1, 0.15) is 47.3 Å². The molecule has 2 aliphatic heterocycles. The molecule has 2 aliphatic rings. The van der Waals surface area contributed by atoms with Crippen LogP contribution in [-0.4, -0.2) is 63.7 Å². The lowest BCUT2D eigenvalue weighted by atomic mass is 10.0. The predicted molar refractivity (Wildman–Crippen MR) is 149 cm³/mol. The van der Waals surface area contributed by atoms with E-state index in [9.17, 15) is 19.1 Å². The minimum Gasteiger partial charge on any atom is -0.394 e. The zero-order chi connectivity index (χ0) is 28.4. The third kappa shape index (κ3) is 5.90. The number of rotatable bonds is 8. The van der Waals surface area contributed by atoms with Gasteiger partial charge in [0.05, 0.1) is 34.6 Å². The van der Waals surface area contributed by atoms with Crippen molar-refractivity contribution in [2.45, 2.75) is 44.4 Å². The molecular formula is C28H28Cl2FN5O4. The first-order chi connectivity index (χ1) is 19.2. The van der Waals surface area contributed by atoms with Crippen molar-refractivity contribution in [1.29, 1.82) is 0 Å². The van der Waals surface area contributed by atoms with Gasteiger partial charge >= 0.3 is 0 Å². The summed E-state index contributed by atoms with van der Waals surface area (Å²) in [7, 11) is 0. The van der Waals surface area contributed by atoms with Crippen LogP contribution in [0.2, 0.25) is 10.0 Å². The van der Waals surface area contributed by atoms with Crippen LogP contribution in [0.4, 0.5) is 10.3 Å². The Balaban J connectivity index is 1.31. The molecule has 1 fully saturated rings. The quantitative estimate of drug-likeness (QED) is 0.358. The monoisotopic (exact) mass is 587 g/mol.